The number of phenolic OH excluding ortho intramolecular Hbond substituents is 1. The third-order valence-corrected chi connectivity index (χ3v) is 5.33. The fourth-order valence-corrected chi connectivity index (χ4v) is 3.83. The van der Waals surface area contributed by atoms with Gasteiger partial charge < -0.3 is 15.3 Å². The molecule has 0 radical (unpaired) electrons. The van der Waals surface area contributed by atoms with E-state index in [9.17, 15) is 9.90 Å². The number of phenols is 1. The van der Waals surface area contributed by atoms with Crippen molar-refractivity contribution in [2.24, 2.45) is 0 Å². The van der Waals surface area contributed by atoms with E-state index in [-0.39, 0.29) is 5.91 Å². The van der Waals surface area contributed by atoms with E-state index in [4.69, 9.17) is 0 Å². The number of fused-ring (bicyclic) bond motifs is 1. The van der Waals surface area contributed by atoms with Crippen molar-refractivity contribution in [1.29, 1.82) is 0 Å². The molecule has 0 bridgehead atoms. The van der Waals surface area contributed by atoms with Crippen LogP contribution in [-0.4, -0.2) is 60.6 Å². The molecule has 3 rings (SSSR count). The largest absolute Gasteiger partial charge is 0.508 e. The molecule has 24 heavy (non-hydrogen) atoms. The van der Waals surface area contributed by atoms with Crippen LogP contribution in [0.5, 0.6) is 5.75 Å². The molecule has 1 heterocycles. The Kier molecular flexibility index (Phi) is 5.41. The molecule has 1 atom stereocenters. The molecule has 2 aliphatic rings. The van der Waals surface area contributed by atoms with E-state index < -0.39 is 0 Å². The lowest BCUT2D eigenvalue weighted by molar-refractivity contribution is -0.130. The van der Waals surface area contributed by atoms with E-state index in [2.05, 4.69) is 16.3 Å². The predicted octanol–water partition coefficient (Wildman–Crippen LogP) is 1.91. The minimum Gasteiger partial charge on any atom is -0.508 e. The summed E-state index contributed by atoms with van der Waals surface area (Å²) in [5.41, 5.74) is 2.64. The van der Waals surface area contributed by atoms with Gasteiger partial charge in [-0.3, -0.25) is 9.69 Å². The Balaban J connectivity index is 1.54. The topological polar surface area (TPSA) is 55.8 Å². The van der Waals surface area contributed by atoms with Crippen LogP contribution in [0.3, 0.4) is 0 Å². The molecular formula is C19H29N3O2. The van der Waals surface area contributed by atoms with Gasteiger partial charge in [-0.25, -0.2) is 0 Å². The summed E-state index contributed by atoms with van der Waals surface area (Å²) >= 11 is 0. The van der Waals surface area contributed by atoms with Gasteiger partial charge in [0.2, 0.25) is 5.91 Å². The number of aromatic hydroxyl groups is 1. The summed E-state index contributed by atoms with van der Waals surface area (Å²) in [7, 11) is 3.62. The molecule has 0 saturated carbocycles. The van der Waals surface area contributed by atoms with Gasteiger partial charge in [-0.1, -0.05) is 6.07 Å². The number of amides is 1. The highest BCUT2D eigenvalue weighted by Gasteiger charge is 2.26. The van der Waals surface area contributed by atoms with Gasteiger partial charge >= 0.3 is 0 Å². The van der Waals surface area contributed by atoms with Crippen LogP contribution in [0.1, 0.15) is 42.9 Å². The zero-order valence-corrected chi connectivity index (χ0v) is 14.8. The first-order valence-electron chi connectivity index (χ1n) is 9.03. The van der Waals surface area contributed by atoms with Gasteiger partial charge in [-0.05, 0) is 55.4 Å². The molecule has 1 amide bonds. The zero-order valence-electron chi connectivity index (χ0n) is 14.8. The molecular weight excluding hydrogens is 302 g/mol. The molecule has 5 heteroatoms. The van der Waals surface area contributed by atoms with Crippen LogP contribution in [-0.2, 0) is 11.2 Å². The normalized spacial score (nSPS) is 22.2. The number of likely N-dealkylation sites (tertiary alicyclic amines) is 1. The van der Waals surface area contributed by atoms with Crippen LogP contribution in [0, 0.1) is 0 Å². The summed E-state index contributed by atoms with van der Waals surface area (Å²) in [6, 6.07) is 6.63. The Morgan fingerprint density at radius 1 is 1.29 bits per heavy atom. The first-order valence-corrected chi connectivity index (χ1v) is 9.03. The molecule has 1 unspecified atom stereocenters. The summed E-state index contributed by atoms with van der Waals surface area (Å²) in [6.45, 7) is 2.47. The summed E-state index contributed by atoms with van der Waals surface area (Å²) in [4.78, 5) is 15.7. The predicted molar refractivity (Wildman–Crippen MR) is 95.1 cm³/mol. The highest BCUT2D eigenvalue weighted by molar-refractivity contribution is 5.77. The number of carbonyl (C=O) groups is 1. The Labute approximate surface area is 144 Å². The van der Waals surface area contributed by atoms with Crippen molar-refractivity contribution in [2.75, 3.05) is 33.7 Å². The van der Waals surface area contributed by atoms with Crippen molar-refractivity contribution in [1.82, 2.24) is 15.1 Å². The van der Waals surface area contributed by atoms with E-state index in [1.807, 2.05) is 20.2 Å². The molecule has 132 valence electrons. The third-order valence-electron chi connectivity index (χ3n) is 5.33. The number of carbonyl (C=O) groups excluding carboxylic acids is 1. The van der Waals surface area contributed by atoms with E-state index in [0.29, 0.717) is 24.4 Å². The zero-order chi connectivity index (χ0) is 17.1. The van der Waals surface area contributed by atoms with Gasteiger partial charge in [0, 0.05) is 39.3 Å². The number of piperidine rings is 1. The maximum Gasteiger partial charge on any atom is 0.236 e. The summed E-state index contributed by atoms with van der Waals surface area (Å²) in [6.07, 6.45) is 5.59. The quantitative estimate of drug-likeness (QED) is 0.885. The van der Waals surface area contributed by atoms with Crippen molar-refractivity contribution in [3.05, 3.63) is 29.3 Å². The van der Waals surface area contributed by atoms with Crippen molar-refractivity contribution >= 4 is 5.91 Å². The Hall–Kier alpha value is -1.59. The van der Waals surface area contributed by atoms with E-state index >= 15 is 0 Å². The first kappa shape index (κ1) is 17.2. The second kappa shape index (κ2) is 7.53. The highest BCUT2D eigenvalue weighted by atomic mass is 16.3. The molecule has 1 aromatic rings. The SMILES string of the molecule is CN(C)C(=O)CN1CCC(NC2CCCc3ccc(O)cc32)CC1. The fraction of sp³-hybridized carbons (Fsp3) is 0.632. The van der Waals surface area contributed by atoms with Crippen LogP contribution in [0.4, 0.5) is 0 Å². The Bertz CT molecular complexity index is 580. The molecule has 5 nitrogen and oxygen atoms in total. The Morgan fingerprint density at radius 2 is 2.04 bits per heavy atom. The number of hydrogen-bond donors (Lipinski definition) is 2. The monoisotopic (exact) mass is 331 g/mol. The van der Waals surface area contributed by atoms with E-state index in [1.54, 1.807) is 11.0 Å². The average Bonchev–Trinajstić information content (AvgIpc) is 2.57. The lowest BCUT2D eigenvalue weighted by atomic mass is 9.86. The molecule has 0 aromatic heterocycles. The van der Waals surface area contributed by atoms with Crippen molar-refractivity contribution in [3.8, 4) is 5.75 Å². The molecule has 1 aromatic carbocycles. The van der Waals surface area contributed by atoms with Crippen LogP contribution in [0.2, 0.25) is 0 Å². The lowest BCUT2D eigenvalue weighted by Gasteiger charge is -2.36. The summed E-state index contributed by atoms with van der Waals surface area (Å²) in [5.74, 6) is 0.539. The van der Waals surface area contributed by atoms with Gasteiger partial charge in [-0.2, -0.15) is 0 Å². The van der Waals surface area contributed by atoms with E-state index in [1.165, 1.54) is 17.5 Å². The number of rotatable bonds is 4. The van der Waals surface area contributed by atoms with E-state index in [0.717, 1.165) is 38.8 Å². The maximum atomic E-state index is 11.8. The molecule has 0 spiro atoms. The van der Waals surface area contributed by atoms with Gasteiger partial charge in [0.1, 0.15) is 5.75 Å². The van der Waals surface area contributed by atoms with Crippen LogP contribution >= 0.6 is 0 Å². The number of aryl methyl sites for hydroxylation is 1. The average molecular weight is 331 g/mol. The van der Waals surface area contributed by atoms with Crippen LogP contribution < -0.4 is 5.32 Å². The number of nitrogens with zero attached hydrogens (tertiary/aromatic N) is 2. The standard InChI is InChI=1S/C19H29N3O2/c1-21(2)19(24)13-22-10-8-15(9-11-22)20-18-5-3-4-14-6-7-16(23)12-17(14)18/h6-7,12,15,18,20,23H,3-5,8-11,13H2,1-2H3. The van der Waals surface area contributed by atoms with Gasteiger partial charge in [-0.15, -0.1) is 0 Å². The Morgan fingerprint density at radius 3 is 2.75 bits per heavy atom. The minimum absolute atomic E-state index is 0.179. The molecule has 2 N–H and O–H groups in total. The number of likely N-dealkylation sites (N-methyl/N-ethyl adjacent to an activating group) is 1. The highest BCUT2D eigenvalue weighted by Crippen LogP contribution is 2.33. The van der Waals surface area contributed by atoms with Crippen LogP contribution in [0.15, 0.2) is 18.2 Å². The van der Waals surface area contributed by atoms with Crippen molar-refractivity contribution < 1.29 is 9.90 Å². The van der Waals surface area contributed by atoms with Crippen LogP contribution in [0.25, 0.3) is 0 Å². The number of benzene rings is 1. The molecule has 1 fully saturated rings. The minimum atomic E-state index is 0.179. The molecule has 1 aliphatic heterocycles. The van der Waals surface area contributed by atoms with Crippen molar-refractivity contribution in [3.63, 3.8) is 0 Å². The smallest absolute Gasteiger partial charge is 0.236 e. The number of nitrogens with one attached hydrogen (secondary N) is 1. The number of hydrogen-bond acceptors (Lipinski definition) is 4. The maximum absolute atomic E-state index is 11.8. The molecule has 1 aliphatic carbocycles. The first-order chi connectivity index (χ1) is 11.5. The summed E-state index contributed by atoms with van der Waals surface area (Å²) < 4.78 is 0. The molecule has 1 saturated heterocycles. The summed E-state index contributed by atoms with van der Waals surface area (Å²) in [5, 5.41) is 13.6. The van der Waals surface area contributed by atoms with Gasteiger partial charge in [0.25, 0.3) is 0 Å². The third kappa shape index (κ3) is 4.08. The van der Waals surface area contributed by atoms with Crippen molar-refractivity contribution in [2.45, 2.75) is 44.2 Å². The second-order valence-corrected chi connectivity index (χ2v) is 7.33. The lowest BCUT2D eigenvalue weighted by Crippen LogP contribution is -2.46. The second-order valence-electron chi connectivity index (χ2n) is 7.33. The van der Waals surface area contributed by atoms with Gasteiger partial charge in [0.15, 0.2) is 0 Å². The fourth-order valence-electron chi connectivity index (χ4n) is 3.83. The van der Waals surface area contributed by atoms with Gasteiger partial charge in [0.05, 0.1) is 6.54 Å².